The van der Waals surface area contributed by atoms with Crippen LogP contribution in [-0.4, -0.2) is 16.5 Å². The normalized spacial score (nSPS) is 10.3. The molecule has 0 spiro atoms. The highest BCUT2D eigenvalue weighted by molar-refractivity contribution is 5.33. The Morgan fingerprint density at radius 2 is 1.94 bits per heavy atom. The first-order valence-electron chi connectivity index (χ1n) is 5.85. The molecule has 0 aliphatic rings. The summed E-state index contributed by atoms with van der Waals surface area (Å²) in [5.41, 5.74) is 7.60. The van der Waals surface area contributed by atoms with Crippen LogP contribution >= 0.6 is 0 Å². The molecule has 1 heterocycles. The third-order valence-electron chi connectivity index (χ3n) is 2.62. The van der Waals surface area contributed by atoms with Crippen molar-refractivity contribution in [2.24, 2.45) is 5.73 Å². The second-order valence-corrected chi connectivity index (χ2v) is 3.98. The zero-order chi connectivity index (χ0) is 12.8. The lowest BCUT2D eigenvalue weighted by Gasteiger charge is -2.05. The molecular formula is C13H16N4O. The molecule has 1 aromatic heterocycles. The zero-order valence-corrected chi connectivity index (χ0v) is 10.0. The number of aromatic nitrogens is 2. The van der Waals surface area contributed by atoms with Gasteiger partial charge >= 0.3 is 0 Å². The quantitative estimate of drug-likeness (QED) is 0.729. The molecule has 1 aromatic carbocycles. The van der Waals surface area contributed by atoms with Gasteiger partial charge in [0.15, 0.2) is 5.82 Å². The number of hydrogen-bond acceptors (Lipinski definition) is 4. The first kappa shape index (κ1) is 12.3. The molecule has 5 nitrogen and oxygen atoms in total. The van der Waals surface area contributed by atoms with E-state index in [4.69, 9.17) is 5.73 Å². The third-order valence-corrected chi connectivity index (χ3v) is 2.62. The van der Waals surface area contributed by atoms with E-state index in [1.54, 1.807) is 6.20 Å². The van der Waals surface area contributed by atoms with Crippen LogP contribution in [0.3, 0.4) is 0 Å². The fourth-order valence-corrected chi connectivity index (χ4v) is 1.65. The van der Waals surface area contributed by atoms with Crippen molar-refractivity contribution in [3.8, 4) is 0 Å². The molecule has 2 rings (SSSR count). The molecule has 0 aliphatic carbocycles. The summed E-state index contributed by atoms with van der Waals surface area (Å²) in [6, 6.07) is 8.14. The lowest BCUT2D eigenvalue weighted by molar-refractivity contribution is 0.965. The van der Waals surface area contributed by atoms with Crippen molar-refractivity contribution < 1.29 is 0 Å². The number of anilines is 1. The topological polar surface area (TPSA) is 83.8 Å². The summed E-state index contributed by atoms with van der Waals surface area (Å²) >= 11 is 0. The summed E-state index contributed by atoms with van der Waals surface area (Å²) in [5, 5.41) is 3.00. The van der Waals surface area contributed by atoms with E-state index in [-0.39, 0.29) is 5.56 Å². The molecule has 0 amide bonds. The van der Waals surface area contributed by atoms with E-state index in [0.717, 1.165) is 12.0 Å². The number of nitrogens with zero attached hydrogens (tertiary/aromatic N) is 1. The van der Waals surface area contributed by atoms with Gasteiger partial charge in [0.1, 0.15) is 0 Å². The summed E-state index contributed by atoms with van der Waals surface area (Å²) in [5.74, 6) is 0.337. The molecule has 0 atom stereocenters. The number of nitrogens with two attached hydrogens (primary N) is 1. The SMILES string of the molecule is NCCc1ccc(CNc2ncc[nH]c2=O)cc1. The van der Waals surface area contributed by atoms with Crippen LogP contribution in [0.4, 0.5) is 5.82 Å². The first-order valence-corrected chi connectivity index (χ1v) is 5.85. The Bertz CT molecular complexity index is 547. The largest absolute Gasteiger partial charge is 0.361 e. The summed E-state index contributed by atoms with van der Waals surface area (Å²) in [6.45, 7) is 1.23. The molecule has 0 fully saturated rings. The van der Waals surface area contributed by atoms with Crippen molar-refractivity contribution in [3.05, 3.63) is 58.1 Å². The van der Waals surface area contributed by atoms with Gasteiger partial charge in [0.2, 0.25) is 0 Å². The Labute approximate surface area is 105 Å². The zero-order valence-electron chi connectivity index (χ0n) is 10.0. The van der Waals surface area contributed by atoms with Crippen LogP contribution in [0.25, 0.3) is 0 Å². The maximum atomic E-state index is 11.4. The number of hydrogen-bond donors (Lipinski definition) is 3. The van der Waals surface area contributed by atoms with E-state index in [2.05, 4.69) is 15.3 Å². The Morgan fingerprint density at radius 3 is 2.61 bits per heavy atom. The molecule has 2 aromatic rings. The fourth-order valence-electron chi connectivity index (χ4n) is 1.65. The minimum atomic E-state index is -0.211. The van der Waals surface area contributed by atoms with Gasteiger partial charge in [-0.1, -0.05) is 24.3 Å². The van der Waals surface area contributed by atoms with Crippen LogP contribution < -0.4 is 16.6 Å². The van der Waals surface area contributed by atoms with Crippen LogP contribution in [0, 0.1) is 0 Å². The van der Waals surface area contributed by atoms with Gasteiger partial charge in [0.05, 0.1) is 0 Å². The van der Waals surface area contributed by atoms with Gasteiger partial charge in [-0.05, 0) is 24.1 Å². The van der Waals surface area contributed by atoms with Crippen LogP contribution in [0.15, 0.2) is 41.5 Å². The highest BCUT2D eigenvalue weighted by Gasteiger charge is 1.99. The summed E-state index contributed by atoms with van der Waals surface area (Å²) in [6.07, 6.45) is 3.94. The van der Waals surface area contributed by atoms with E-state index in [9.17, 15) is 4.79 Å². The monoisotopic (exact) mass is 244 g/mol. The molecule has 0 saturated heterocycles. The van der Waals surface area contributed by atoms with E-state index >= 15 is 0 Å². The molecule has 94 valence electrons. The van der Waals surface area contributed by atoms with Crippen molar-refractivity contribution in [3.63, 3.8) is 0 Å². The Hall–Kier alpha value is -2.14. The van der Waals surface area contributed by atoms with Gasteiger partial charge in [-0.2, -0.15) is 0 Å². The Morgan fingerprint density at radius 1 is 1.22 bits per heavy atom. The van der Waals surface area contributed by atoms with Gasteiger partial charge in [-0.3, -0.25) is 4.79 Å². The lowest BCUT2D eigenvalue weighted by Crippen LogP contribution is -2.15. The van der Waals surface area contributed by atoms with Gasteiger partial charge in [-0.15, -0.1) is 0 Å². The van der Waals surface area contributed by atoms with Crippen molar-refractivity contribution >= 4 is 5.82 Å². The van der Waals surface area contributed by atoms with Gasteiger partial charge < -0.3 is 16.0 Å². The van der Waals surface area contributed by atoms with Crippen molar-refractivity contribution in [1.29, 1.82) is 0 Å². The molecule has 0 bridgehead atoms. The Kier molecular flexibility index (Phi) is 4.09. The lowest BCUT2D eigenvalue weighted by atomic mass is 10.1. The third kappa shape index (κ3) is 3.18. The van der Waals surface area contributed by atoms with E-state index in [1.165, 1.54) is 11.8 Å². The second-order valence-electron chi connectivity index (χ2n) is 3.98. The molecule has 0 unspecified atom stereocenters. The molecule has 0 saturated carbocycles. The minimum Gasteiger partial charge on any atom is -0.361 e. The molecule has 5 heteroatoms. The average molecular weight is 244 g/mol. The predicted molar refractivity (Wildman–Crippen MR) is 71.4 cm³/mol. The van der Waals surface area contributed by atoms with Crippen molar-refractivity contribution in [1.82, 2.24) is 9.97 Å². The van der Waals surface area contributed by atoms with Crippen LogP contribution in [-0.2, 0) is 13.0 Å². The van der Waals surface area contributed by atoms with Gasteiger partial charge in [-0.25, -0.2) is 4.98 Å². The van der Waals surface area contributed by atoms with Crippen LogP contribution in [0.5, 0.6) is 0 Å². The maximum absolute atomic E-state index is 11.4. The highest BCUT2D eigenvalue weighted by atomic mass is 16.1. The van der Waals surface area contributed by atoms with Crippen molar-refractivity contribution in [2.75, 3.05) is 11.9 Å². The number of benzene rings is 1. The standard InChI is InChI=1S/C13H16N4O/c14-6-5-10-1-3-11(4-2-10)9-17-12-13(18)16-8-7-15-12/h1-4,7-8H,5-6,9,14H2,(H,15,17)(H,16,18). The van der Waals surface area contributed by atoms with E-state index < -0.39 is 0 Å². The minimum absolute atomic E-state index is 0.211. The smallest absolute Gasteiger partial charge is 0.290 e. The van der Waals surface area contributed by atoms with Crippen LogP contribution in [0.2, 0.25) is 0 Å². The number of H-pyrrole nitrogens is 1. The molecule has 0 aliphatic heterocycles. The predicted octanol–water partition coefficient (Wildman–Crippen LogP) is 0.883. The number of rotatable bonds is 5. The fraction of sp³-hybridized carbons (Fsp3) is 0.231. The highest BCUT2D eigenvalue weighted by Crippen LogP contribution is 2.06. The van der Waals surface area contributed by atoms with E-state index in [0.29, 0.717) is 18.9 Å². The van der Waals surface area contributed by atoms with Crippen molar-refractivity contribution in [2.45, 2.75) is 13.0 Å². The molecule has 0 radical (unpaired) electrons. The van der Waals surface area contributed by atoms with Gasteiger partial charge in [0.25, 0.3) is 5.56 Å². The second kappa shape index (κ2) is 5.97. The maximum Gasteiger partial charge on any atom is 0.290 e. The Balaban J connectivity index is 1.98. The molecular weight excluding hydrogens is 228 g/mol. The summed E-state index contributed by atoms with van der Waals surface area (Å²) in [4.78, 5) is 17.9. The van der Waals surface area contributed by atoms with Crippen LogP contribution in [0.1, 0.15) is 11.1 Å². The summed E-state index contributed by atoms with van der Waals surface area (Å²) < 4.78 is 0. The molecule has 4 N–H and O–H groups in total. The number of aromatic amines is 1. The van der Waals surface area contributed by atoms with E-state index in [1.807, 2.05) is 24.3 Å². The first-order chi connectivity index (χ1) is 8.79. The summed E-state index contributed by atoms with van der Waals surface area (Å²) in [7, 11) is 0. The average Bonchev–Trinajstić information content (AvgIpc) is 2.40. The number of nitrogens with one attached hydrogen (secondary N) is 2. The molecule has 18 heavy (non-hydrogen) atoms. The van der Waals surface area contributed by atoms with Gasteiger partial charge in [0, 0.05) is 18.9 Å².